The van der Waals surface area contributed by atoms with E-state index in [9.17, 15) is 0 Å². The molecule has 0 bridgehead atoms. The summed E-state index contributed by atoms with van der Waals surface area (Å²) < 4.78 is 5.40. The molecular formula is C14H19N3O. The second-order valence-corrected chi connectivity index (χ2v) is 4.56. The van der Waals surface area contributed by atoms with Gasteiger partial charge in [-0.2, -0.15) is 0 Å². The van der Waals surface area contributed by atoms with E-state index in [2.05, 4.69) is 35.9 Å². The Balaban J connectivity index is 2.49. The third kappa shape index (κ3) is 2.38. The van der Waals surface area contributed by atoms with Crippen LogP contribution < -0.4 is 10.5 Å². The minimum absolute atomic E-state index is 0.409. The number of imidazole rings is 1. The molecule has 0 fully saturated rings. The highest BCUT2D eigenvalue weighted by molar-refractivity contribution is 5.68. The Kier molecular flexibility index (Phi) is 3.67. The Morgan fingerprint density at radius 3 is 2.72 bits per heavy atom. The maximum absolute atomic E-state index is 5.56. The van der Waals surface area contributed by atoms with Gasteiger partial charge in [-0.25, -0.2) is 4.98 Å². The van der Waals surface area contributed by atoms with Gasteiger partial charge in [-0.15, -0.1) is 0 Å². The van der Waals surface area contributed by atoms with E-state index in [0.717, 1.165) is 22.8 Å². The van der Waals surface area contributed by atoms with Crippen LogP contribution in [0.15, 0.2) is 24.4 Å². The monoisotopic (exact) mass is 245 g/mol. The van der Waals surface area contributed by atoms with E-state index in [-0.39, 0.29) is 0 Å². The molecule has 2 rings (SSSR count). The molecule has 4 heteroatoms. The number of hydrogen-bond donors (Lipinski definition) is 2. The van der Waals surface area contributed by atoms with Crippen LogP contribution in [0.2, 0.25) is 0 Å². The normalized spacial score (nSPS) is 10.9. The molecular weight excluding hydrogens is 226 g/mol. The molecule has 4 nitrogen and oxygen atoms in total. The fourth-order valence-corrected chi connectivity index (χ4v) is 1.90. The number of hydrogen-bond acceptors (Lipinski definition) is 3. The molecule has 3 N–H and O–H groups in total. The molecule has 0 aliphatic heterocycles. The van der Waals surface area contributed by atoms with E-state index in [1.54, 1.807) is 13.3 Å². The van der Waals surface area contributed by atoms with Crippen molar-refractivity contribution in [2.24, 2.45) is 5.73 Å². The number of aromatic nitrogens is 2. The maximum Gasteiger partial charge on any atom is 0.128 e. The minimum atomic E-state index is 0.409. The van der Waals surface area contributed by atoms with Crippen LogP contribution in [0.25, 0.3) is 11.3 Å². The smallest absolute Gasteiger partial charge is 0.128 e. The number of aromatic amines is 1. The number of nitrogens with two attached hydrogens (primary N) is 1. The lowest BCUT2D eigenvalue weighted by atomic mass is 9.99. The zero-order valence-corrected chi connectivity index (χ0v) is 11.0. The standard InChI is InChI=1S/C14H19N3O/c1-9(2)10-4-5-13(18-3)11(6-10)12-8-16-14(7-15)17-12/h4-6,8-9H,7,15H2,1-3H3,(H,16,17). The number of benzene rings is 1. The number of rotatable bonds is 4. The van der Waals surface area contributed by atoms with Crippen molar-refractivity contribution >= 4 is 0 Å². The van der Waals surface area contributed by atoms with Gasteiger partial charge in [-0.3, -0.25) is 0 Å². The van der Waals surface area contributed by atoms with Gasteiger partial charge < -0.3 is 15.5 Å². The number of ether oxygens (including phenoxy) is 1. The average Bonchev–Trinajstić information content (AvgIpc) is 2.86. The molecule has 2 aromatic rings. The quantitative estimate of drug-likeness (QED) is 0.870. The molecule has 0 unspecified atom stereocenters. The Hall–Kier alpha value is -1.81. The highest BCUT2D eigenvalue weighted by Crippen LogP contribution is 2.31. The van der Waals surface area contributed by atoms with Crippen molar-refractivity contribution in [3.05, 3.63) is 35.8 Å². The first-order valence-electron chi connectivity index (χ1n) is 6.08. The van der Waals surface area contributed by atoms with Gasteiger partial charge in [0.25, 0.3) is 0 Å². The van der Waals surface area contributed by atoms with Crippen molar-refractivity contribution in [1.29, 1.82) is 0 Å². The van der Waals surface area contributed by atoms with Gasteiger partial charge in [0.05, 0.1) is 25.5 Å². The molecule has 0 radical (unpaired) electrons. The Labute approximate surface area is 107 Å². The number of methoxy groups -OCH3 is 1. The molecule has 0 atom stereocenters. The van der Waals surface area contributed by atoms with Crippen LogP contribution in [0, 0.1) is 0 Å². The summed E-state index contributed by atoms with van der Waals surface area (Å²) in [4.78, 5) is 7.43. The zero-order chi connectivity index (χ0) is 13.1. The van der Waals surface area contributed by atoms with Gasteiger partial charge in [0.2, 0.25) is 0 Å². The van der Waals surface area contributed by atoms with Crippen LogP contribution in [0.5, 0.6) is 5.75 Å². The first-order chi connectivity index (χ1) is 8.65. The summed E-state index contributed by atoms with van der Waals surface area (Å²) in [6.07, 6.45) is 1.80. The van der Waals surface area contributed by atoms with E-state index in [0.29, 0.717) is 12.5 Å². The van der Waals surface area contributed by atoms with Crippen molar-refractivity contribution in [1.82, 2.24) is 9.97 Å². The number of nitrogens with zero attached hydrogens (tertiary/aromatic N) is 1. The summed E-state index contributed by atoms with van der Waals surface area (Å²) in [7, 11) is 1.67. The fourth-order valence-electron chi connectivity index (χ4n) is 1.90. The van der Waals surface area contributed by atoms with Crippen LogP contribution in [0.3, 0.4) is 0 Å². The Morgan fingerprint density at radius 1 is 1.39 bits per heavy atom. The third-order valence-corrected chi connectivity index (χ3v) is 3.00. The highest BCUT2D eigenvalue weighted by atomic mass is 16.5. The molecule has 0 aliphatic rings. The lowest BCUT2D eigenvalue weighted by Gasteiger charge is -2.11. The predicted molar refractivity (Wildman–Crippen MR) is 72.6 cm³/mol. The van der Waals surface area contributed by atoms with Gasteiger partial charge in [0, 0.05) is 5.56 Å². The lowest BCUT2D eigenvalue weighted by Crippen LogP contribution is -1.98. The maximum atomic E-state index is 5.56. The van der Waals surface area contributed by atoms with Gasteiger partial charge in [0.1, 0.15) is 11.6 Å². The second kappa shape index (κ2) is 5.23. The fraction of sp³-hybridized carbons (Fsp3) is 0.357. The van der Waals surface area contributed by atoms with Crippen LogP contribution in [0.4, 0.5) is 0 Å². The summed E-state index contributed by atoms with van der Waals surface area (Å²) in [6, 6.07) is 6.22. The van der Waals surface area contributed by atoms with Crippen molar-refractivity contribution in [3.8, 4) is 17.0 Å². The Bertz CT molecular complexity index is 532. The highest BCUT2D eigenvalue weighted by Gasteiger charge is 2.11. The van der Waals surface area contributed by atoms with Gasteiger partial charge >= 0.3 is 0 Å². The zero-order valence-electron chi connectivity index (χ0n) is 11.0. The van der Waals surface area contributed by atoms with Crippen LogP contribution >= 0.6 is 0 Å². The summed E-state index contributed by atoms with van der Waals surface area (Å²) in [6.45, 7) is 4.75. The number of H-pyrrole nitrogens is 1. The summed E-state index contributed by atoms with van der Waals surface area (Å²) >= 11 is 0. The second-order valence-electron chi connectivity index (χ2n) is 4.56. The van der Waals surface area contributed by atoms with Crippen molar-refractivity contribution in [2.75, 3.05) is 7.11 Å². The lowest BCUT2D eigenvalue weighted by molar-refractivity contribution is 0.416. The average molecular weight is 245 g/mol. The topological polar surface area (TPSA) is 63.9 Å². The molecule has 0 amide bonds. The molecule has 0 spiro atoms. The molecule has 1 aromatic heterocycles. The van der Waals surface area contributed by atoms with Gasteiger partial charge in [0.15, 0.2) is 0 Å². The van der Waals surface area contributed by atoms with Crippen molar-refractivity contribution in [2.45, 2.75) is 26.3 Å². The summed E-state index contributed by atoms with van der Waals surface area (Å²) in [5.74, 6) is 2.10. The van der Waals surface area contributed by atoms with E-state index in [1.807, 2.05) is 6.07 Å². The van der Waals surface area contributed by atoms with E-state index < -0.39 is 0 Å². The molecule has 1 aromatic carbocycles. The molecule has 0 aliphatic carbocycles. The Morgan fingerprint density at radius 2 is 2.17 bits per heavy atom. The third-order valence-electron chi connectivity index (χ3n) is 3.00. The molecule has 96 valence electrons. The van der Waals surface area contributed by atoms with Crippen LogP contribution in [-0.2, 0) is 6.54 Å². The first-order valence-corrected chi connectivity index (χ1v) is 6.08. The summed E-state index contributed by atoms with van der Waals surface area (Å²) in [5.41, 5.74) is 8.80. The molecule has 18 heavy (non-hydrogen) atoms. The molecule has 0 saturated carbocycles. The SMILES string of the molecule is COc1ccc(C(C)C)cc1-c1cnc(CN)[nH]1. The van der Waals surface area contributed by atoms with Crippen molar-refractivity contribution in [3.63, 3.8) is 0 Å². The predicted octanol–water partition coefficient (Wildman–Crippen LogP) is 2.67. The summed E-state index contributed by atoms with van der Waals surface area (Å²) in [5, 5.41) is 0. The van der Waals surface area contributed by atoms with Gasteiger partial charge in [-0.1, -0.05) is 19.9 Å². The van der Waals surface area contributed by atoms with Crippen LogP contribution in [0.1, 0.15) is 31.2 Å². The van der Waals surface area contributed by atoms with Gasteiger partial charge in [-0.05, 0) is 23.6 Å². The van der Waals surface area contributed by atoms with E-state index >= 15 is 0 Å². The first kappa shape index (κ1) is 12.6. The largest absolute Gasteiger partial charge is 0.496 e. The van der Waals surface area contributed by atoms with E-state index in [1.165, 1.54) is 5.56 Å². The van der Waals surface area contributed by atoms with E-state index in [4.69, 9.17) is 10.5 Å². The minimum Gasteiger partial charge on any atom is -0.496 e. The van der Waals surface area contributed by atoms with Crippen molar-refractivity contribution < 1.29 is 4.74 Å². The number of nitrogens with one attached hydrogen (secondary N) is 1. The molecule has 1 heterocycles. The molecule has 0 saturated heterocycles. The van der Waals surface area contributed by atoms with Crippen LogP contribution in [-0.4, -0.2) is 17.1 Å².